The molecule has 0 aliphatic rings. The second-order valence-corrected chi connectivity index (χ2v) is 2.53. The van der Waals surface area contributed by atoms with Crippen LogP contribution in [0.15, 0.2) is 0 Å². The minimum atomic E-state index is -1.12. The molecule has 82 valence electrons. The summed E-state index contributed by atoms with van der Waals surface area (Å²) >= 11 is 0. The van der Waals surface area contributed by atoms with Crippen LogP contribution in [0.4, 0.5) is 0 Å². The molecule has 0 saturated carbocycles. The predicted octanol–water partition coefficient (Wildman–Crippen LogP) is -3.83. The Hall–Kier alpha value is -1.22. The summed E-state index contributed by atoms with van der Waals surface area (Å²) in [5.41, 5.74) is 12.2. The van der Waals surface area contributed by atoms with E-state index in [0.29, 0.717) is 0 Å². The average Bonchev–Trinajstić information content (AvgIpc) is 2.22. The van der Waals surface area contributed by atoms with Crippen LogP contribution in [0.5, 0.6) is 0 Å². The first-order chi connectivity index (χ1) is 6.52. The Labute approximate surface area is 80.3 Å². The Morgan fingerprint density at radius 1 is 1.36 bits per heavy atom. The van der Waals surface area contributed by atoms with E-state index >= 15 is 0 Å². The quantitative estimate of drug-likeness (QED) is 0.133. The van der Waals surface area contributed by atoms with Crippen LogP contribution >= 0.6 is 0 Å². The van der Waals surface area contributed by atoms with Crippen molar-refractivity contribution in [3.63, 3.8) is 0 Å². The minimum absolute atomic E-state index is 0.338. The van der Waals surface area contributed by atoms with E-state index < -0.39 is 30.6 Å². The third-order valence-electron chi connectivity index (χ3n) is 1.38. The molecule has 0 aromatic carbocycles. The van der Waals surface area contributed by atoms with Gasteiger partial charge in [-0.05, 0) is 0 Å². The number of esters is 1. The number of hydrogen-bond donors (Lipinski definition) is 5. The Morgan fingerprint density at radius 3 is 2.36 bits per heavy atom. The van der Waals surface area contributed by atoms with Crippen LogP contribution in [0.1, 0.15) is 0 Å². The van der Waals surface area contributed by atoms with Crippen molar-refractivity contribution in [3.05, 3.63) is 0 Å². The summed E-state index contributed by atoms with van der Waals surface area (Å²) in [4.78, 5) is 21.6. The molecule has 0 aliphatic carbocycles. The van der Waals surface area contributed by atoms with Crippen LogP contribution in [-0.2, 0) is 14.3 Å². The SMILES string of the molecule is NNC(=O)C(N)COC(=O)C(N)CO. The van der Waals surface area contributed by atoms with E-state index in [9.17, 15) is 9.59 Å². The van der Waals surface area contributed by atoms with Crippen molar-refractivity contribution in [1.82, 2.24) is 5.43 Å². The van der Waals surface area contributed by atoms with Gasteiger partial charge in [0, 0.05) is 0 Å². The smallest absolute Gasteiger partial charge is 0.325 e. The van der Waals surface area contributed by atoms with E-state index in [0.717, 1.165) is 0 Å². The molecule has 0 radical (unpaired) electrons. The summed E-state index contributed by atoms with van der Waals surface area (Å²) in [6.45, 7) is -0.868. The van der Waals surface area contributed by atoms with Gasteiger partial charge in [-0.2, -0.15) is 0 Å². The molecule has 0 bridgehead atoms. The van der Waals surface area contributed by atoms with E-state index in [4.69, 9.17) is 22.4 Å². The number of rotatable bonds is 5. The summed E-state index contributed by atoms with van der Waals surface area (Å²) < 4.78 is 4.51. The summed E-state index contributed by atoms with van der Waals surface area (Å²) in [5, 5.41) is 8.47. The van der Waals surface area contributed by atoms with Crippen molar-refractivity contribution in [3.8, 4) is 0 Å². The van der Waals surface area contributed by atoms with Gasteiger partial charge in [-0.25, -0.2) is 5.84 Å². The van der Waals surface area contributed by atoms with Gasteiger partial charge in [0.05, 0.1) is 6.61 Å². The predicted molar refractivity (Wildman–Crippen MR) is 46.3 cm³/mol. The average molecular weight is 206 g/mol. The molecule has 0 spiro atoms. The molecule has 0 saturated heterocycles. The standard InChI is InChI=1S/C6H14N4O4/c7-3(1-11)6(13)14-2-4(8)5(12)10-9/h3-4,11H,1-2,7-9H2,(H,10,12). The van der Waals surface area contributed by atoms with Crippen LogP contribution < -0.4 is 22.7 Å². The molecule has 0 heterocycles. The van der Waals surface area contributed by atoms with Gasteiger partial charge in [-0.1, -0.05) is 0 Å². The lowest BCUT2D eigenvalue weighted by Gasteiger charge is -2.12. The summed E-state index contributed by atoms with van der Waals surface area (Å²) in [6.07, 6.45) is 0. The Kier molecular flexibility index (Phi) is 5.72. The summed E-state index contributed by atoms with van der Waals surface area (Å²) in [5.74, 6) is 3.30. The number of hydrogen-bond acceptors (Lipinski definition) is 7. The normalized spacial score (nSPS) is 14.3. The van der Waals surface area contributed by atoms with E-state index in [-0.39, 0.29) is 6.61 Å². The molecule has 8 N–H and O–H groups in total. The highest BCUT2D eigenvalue weighted by atomic mass is 16.5. The highest BCUT2D eigenvalue weighted by Crippen LogP contribution is 1.87. The summed E-state index contributed by atoms with van der Waals surface area (Å²) in [7, 11) is 0. The third kappa shape index (κ3) is 4.14. The van der Waals surface area contributed by atoms with E-state index in [1.807, 2.05) is 0 Å². The molecule has 0 aromatic heterocycles. The van der Waals surface area contributed by atoms with Gasteiger partial charge in [0.2, 0.25) is 0 Å². The van der Waals surface area contributed by atoms with Crippen LogP contribution in [0.3, 0.4) is 0 Å². The van der Waals surface area contributed by atoms with Crippen LogP contribution in [-0.4, -0.2) is 42.3 Å². The molecule has 8 nitrogen and oxygen atoms in total. The van der Waals surface area contributed by atoms with Crippen molar-refractivity contribution in [2.24, 2.45) is 17.3 Å². The Bertz CT molecular complexity index is 210. The summed E-state index contributed by atoms with van der Waals surface area (Å²) in [6, 6.07) is -2.17. The lowest BCUT2D eigenvalue weighted by Crippen LogP contribution is -2.47. The highest BCUT2D eigenvalue weighted by Gasteiger charge is 2.18. The Balaban J connectivity index is 3.82. The van der Waals surface area contributed by atoms with Gasteiger partial charge in [0.15, 0.2) is 0 Å². The molecule has 0 fully saturated rings. The molecule has 0 rings (SSSR count). The fourth-order valence-electron chi connectivity index (χ4n) is 0.536. The number of nitrogens with one attached hydrogen (secondary N) is 1. The molecular formula is C6H14N4O4. The number of aliphatic hydroxyl groups excluding tert-OH is 1. The number of ether oxygens (including phenoxy) is 1. The lowest BCUT2D eigenvalue weighted by molar-refractivity contribution is -0.147. The molecule has 1 amide bonds. The maximum absolute atomic E-state index is 10.9. The Morgan fingerprint density at radius 2 is 1.93 bits per heavy atom. The number of nitrogens with two attached hydrogens (primary N) is 3. The first kappa shape index (κ1) is 12.8. The topological polar surface area (TPSA) is 154 Å². The van der Waals surface area contributed by atoms with Gasteiger partial charge in [0.1, 0.15) is 18.7 Å². The van der Waals surface area contributed by atoms with Gasteiger partial charge >= 0.3 is 5.97 Å². The number of amides is 1. The third-order valence-corrected chi connectivity index (χ3v) is 1.38. The van der Waals surface area contributed by atoms with Crippen LogP contribution in [0, 0.1) is 0 Å². The highest BCUT2D eigenvalue weighted by molar-refractivity contribution is 5.81. The number of carbonyl (C=O) groups is 2. The molecule has 14 heavy (non-hydrogen) atoms. The molecule has 8 heteroatoms. The van der Waals surface area contributed by atoms with E-state index in [2.05, 4.69) is 4.74 Å². The molecular weight excluding hydrogens is 192 g/mol. The first-order valence-corrected chi connectivity index (χ1v) is 3.82. The molecule has 0 aromatic rings. The number of hydrazine groups is 1. The van der Waals surface area contributed by atoms with Gasteiger partial charge < -0.3 is 21.3 Å². The van der Waals surface area contributed by atoms with Crippen molar-refractivity contribution >= 4 is 11.9 Å². The second-order valence-electron chi connectivity index (χ2n) is 2.53. The monoisotopic (exact) mass is 206 g/mol. The van der Waals surface area contributed by atoms with Crippen molar-refractivity contribution in [1.29, 1.82) is 0 Å². The lowest BCUT2D eigenvalue weighted by atomic mass is 10.3. The zero-order valence-corrected chi connectivity index (χ0v) is 7.47. The van der Waals surface area contributed by atoms with Crippen molar-refractivity contribution in [2.45, 2.75) is 12.1 Å². The van der Waals surface area contributed by atoms with E-state index in [1.165, 1.54) is 0 Å². The molecule has 0 aliphatic heterocycles. The van der Waals surface area contributed by atoms with Gasteiger partial charge in [-0.15, -0.1) is 0 Å². The fourth-order valence-corrected chi connectivity index (χ4v) is 0.536. The molecule has 2 atom stereocenters. The maximum Gasteiger partial charge on any atom is 0.325 e. The first-order valence-electron chi connectivity index (χ1n) is 3.82. The maximum atomic E-state index is 10.9. The molecule has 2 unspecified atom stereocenters. The minimum Gasteiger partial charge on any atom is -0.462 e. The van der Waals surface area contributed by atoms with Crippen molar-refractivity contribution in [2.75, 3.05) is 13.2 Å². The van der Waals surface area contributed by atoms with Crippen LogP contribution in [0.2, 0.25) is 0 Å². The van der Waals surface area contributed by atoms with Gasteiger partial charge in [-0.3, -0.25) is 15.0 Å². The van der Waals surface area contributed by atoms with Gasteiger partial charge in [0.25, 0.3) is 5.91 Å². The van der Waals surface area contributed by atoms with Crippen molar-refractivity contribution < 1.29 is 19.4 Å². The zero-order chi connectivity index (χ0) is 11.1. The van der Waals surface area contributed by atoms with E-state index in [1.54, 1.807) is 5.43 Å². The zero-order valence-electron chi connectivity index (χ0n) is 7.47. The second kappa shape index (κ2) is 6.27. The largest absolute Gasteiger partial charge is 0.462 e. The number of aliphatic hydroxyl groups is 1. The number of carbonyl (C=O) groups excluding carboxylic acids is 2. The fraction of sp³-hybridized carbons (Fsp3) is 0.667. The van der Waals surface area contributed by atoms with Crippen LogP contribution in [0.25, 0.3) is 0 Å².